The zero-order valence-corrected chi connectivity index (χ0v) is 14.3. The number of hydrogen-bond acceptors (Lipinski definition) is 4. The van der Waals surface area contributed by atoms with Crippen LogP contribution in [0.2, 0.25) is 0 Å². The Labute approximate surface area is 140 Å². The summed E-state index contributed by atoms with van der Waals surface area (Å²) in [6.07, 6.45) is 0. The molecule has 118 valence electrons. The van der Waals surface area contributed by atoms with Crippen molar-refractivity contribution in [3.63, 3.8) is 0 Å². The van der Waals surface area contributed by atoms with Gasteiger partial charge in [-0.1, -0.05) is 17.7 Å². The Kier molecular flexibility index (Phi) is 3.73. The summed E-state index contributed by atoms with van der Waals surface area (Å²) in [4.78, 5) is 10.5. The van der Waals surface area contributed by atoms with Gasteiger partial charge in [-0.3, -0.25) is 10.1 Å². The van der Waals surface area contributed by atoms with E-state index in [0.29, 0.717) is 15.5 Å². The van der Waals surface area contributed by atoms with Crippen LogP contribution in [0.3, 0.4) is 0 Å². The Hall–Kier alpha value is -2.19. The SMILES string of the molecule is Cc1ccc(S(=O)(=O)n2c(Br)cc3cc([N+](=O)[O-])ccc32)cc1. The normalized spacial score (nSPS) is 11.7. The fourth-order valence-electron chi connectivity index (χ4n) is 2.32. The highest BCUT2D eigenvalue weighted by molar-refractivity contribution is 9.10. The van der Waals surface area contributed by atoms with Crippen molar-refractivity contribution in [2.75, 3.05) is 0 Å². The second kappa shape index (κ2) is 5.47. The molecule has 0 radical (unpaired) electrons. The van der Waals surface area contributed by atoms with Crippen molar-refractivity contribution in [1.82, 2.24) is 3.97 Å². The lowest BCUT2D eigenvalue weighted by molar-refractivity contribution is -0.384. The van der Waals surface area contributed by atoms with Crippen LogP contribution >= 0.6 is 15.9 Å². The monoisotopic (exact) mass is 394 g/mol. The Balaban J connectivity index is 2.25. The maximum atomic E-state index is 12.9. The molecule has 0 bridgehead atoms. The second-order valence-electron chi connectivity index (χ2n) is 5.05. The third kappa shape index (κ3) is 2.64. The summed E-state index contributed by atoms with van der Waals surface area (Å²) in [5, 5.41) is 11.3. The number of non-ortho nitro benzene ring substituents is 1. The predicted octanol–water partition coefficient (Wildman–Crippen LogP) is 3.86. The fraction of sp³-hybridized carbons (Fsp3) is 0.0667. The molecule has 2 aromatic carbocycles. The van der Waals surface area contributed by atoms with Crippen molar-refractivity contribution in [2.24, 2.45) is 0 Å². The van der Waals surface area contributed by atoms with Gasteiger partial charge in [-0.05, 0) is 47.1 Å². The topological polar surface area (TPSA) is 82.2 Å². The van der Waals surface area contributed by atoms with Gasteiger partial charge in [0, 0.05) is 17.5 Å². The van der Waals surface area contributed by atoms with E-state index in [1.165, 1.54) is 30.3 Å². The van der Waals surface area contributed by atoms with E-state index >= 15 is 0 Å². The van der Waals surface area contributed by atoms with Crippen LogP contribution in [0.15, 0.2) is 58.0 Å². The first kappa shape index (κ1) is 15.7. The lowest BCUT2D eigenvalue weighted by atomic mass is 10.2. The number of nitro benzene ring substituents is 1. The molecule has 6 nitrogen and oxygen atoms in total. The van der Waals surface area contributed by atoms with E-state index in [-0.39, 0.29) is 10.6 Å². The number of fused-ring (bicyclic) bond motifs is 1. The molecule has 3 rings (SSSR count). The molecule has 0 saturated heterocycles. The molecule has 0 aliphatic rings. The summed E-state index contributed by atoms with van der Waals surface area (Å²) < 4.78 is 27.2. The van der Waals surface area contributed by atoms with Crippen molar-refractivity contribution in [3.8, 4) is 0 Å². The van der Waals surface area contributed by atoms with Gasteiger partial charge >= 0.3 is 0 Å². The number of nitro groups is 1. The van der Waals surface area contributed by atoms with Crippen LogP contribution in [0.5, 0.6) is 0 Å². The summed E-state index contributed by atoms with van der Waals surface area (Å²) >= 11 is 3.23. The van der Waals surface area contributed by atoms with Gasteiger partial charge in [-0.15, -0.1) is 0 Å². The number of nitrogens with zero attached hydrogens (tertiary/aromatic N) is 2. The van der Waals surface area contributed by atoms with E-state index in [0.717, 1.165) is 9.54 Å². The van der Waals surface area contributed by atoms with Gasteiger partial charge in [-0.2, -0.15) is 0 Å². The van der Waals surface area contributed by atoms with Crippen LogP contribution in [-0.2, 0) is 10.0 Å². The van der Waals surface area contributed by atoms with E-state index in [9.17, 15) is 18.5 Å². The van der Waals surface area contributed by atoms with Crippen LogP contribution in [0.4, 0.5) is 5.69 Å². The number of rotatable bonds is 3. The highest BCUT2D eigenvalue weighted by Gasteiger charge is 2.23. The third-order valence-electron chi connectivity index (χ3n) is 3.47. The van der Waals surface area contributed by atoms with E-state index in [2.05, 4.69) is 15.9 Å². The molecule has 1 heterocycles. The lowest BCUT2D eigenvalue weighted by Crippen LogP contribution is -2.13. The minimum atomic E-state index is -3.80. The largest absolute Gasteiger partial charge is 0.270 e. The first-order valence-electron chi connectivity index (χ1n) is 6.58. The van der Waals surface area contributed by atoms with E-state index in [4.69, 9.17) is 0 Å². The van der Waals surface area contributed by atoms with Crippen molar-refractivity contribution in [2.45, 2.75) is 11.8 Å². The summed E-state index contributed by atoms with van der Waals surface area (Å²) in [6.45, 7) is 1.87. The smallest absolute Gasteiger partial charge is 0.258 e. The quantitative estimate of drug-likeness (QED) is 0.498. The molecule has 3 aromatic rings. The number of aromatic nitrogens is 1. The molecular formula is C15H11BrN2O4S. The molecular weight excluding hydrogens is 384 g/mol. The van der Waals surface area contributed by atoms with Gasteiger partial charge in [-0.25, -0.2) is 12.4 Å². The number of hydrogen-bond donors (Lipinski definition) is 0. The van der Waals surface area contributed by atoms with Crippen LogP contribution in [-0.4, -0.2) is 17.3 Å². The molecule has 0 fully saturated rings. The minimum absolute atomic E-state index is 0.0881. The van der Waals surface area contributed by atoms with Crippen LogP contribution < -0.4 is 0 Å². The van der Waals surface area contributed by atoms with E-state index < -0.39 is 14.9 Å². The van der Waals surface area contributed by atoms with Gasteiger partial charge in [0.25, 0.3) is 15.7 Å². The maximum Gasteiger partial charge on any atom is 0.270 e. The van der Waals surface area contributed by atoms with Crippen LogP contribution in [0, 0.1) is 17.0 Å². The second-order valence-corrected chi connectivity index (χ2v) is 7.65. The molecule has 8 heteroatoms. The number of benzene rings is 2. The Bertz CT molecular complexity index is 1020. The van der Waals surface area contributed by atoms with Crippen LogP contribution in [0.25, 0.3) is 10.9 Å². The molecule has 23 heavy (non-hydrogen) atoms. The first-order chi connectivity index (χ1) is 10.8. The van der Waals surface area contributed by atoms with Gasteiger partial charge in [0.1, 0.15) is 4.60 Å². The Morgan fingerprint density at radius 2 is 1.74 bits per heavy atom. The molecule has 1 aromatic heterocycles. The van der Waals surface area contributed by atoms with Gasteiger partial charge in [0.2, 0.25) is 0 Å². The average molecular weight is 395 g/mol. The molecule has 0 amide bonds. The molecule has 0 saturated carbocycles. The molecule has 0 N–H and O–H groups in total. The average Bonchev–Trinajstić information content (AvgIpc) is 2.83. The van der Waals surface area contributed by atoms with Gasteiger partial charge in [0.05, 0.1) is 15.3 Å². The van der Waals surface area contributed by atoms with Crippen molar-refractivity contribution in [3.05, 3.63) is 68.8 Å². The molecule has 0 spiro atoms. The molecule has 0 aliphatic heterocycles. The van der Waals surface area contributed by atoms with E-state index in [1.807, 2.05) is 6.92 Å². The first-order valence-corrected chi connectivity index (χ1v) is 8.81. The molecule has 0 atom stereocenters. The summed E-state index contributed by atoms with van der Waals surface area (Å²) in [7, 11) is -3.80. The summed E-state index contributed by atoms with van der Waals surface area (Å²) in [5.74, 6) is 0. The summed E-state index contributed by atoms with van der Waals surface area (Å²) in [6, 6.07) is 12.1. The standard InChI is InChI=1S/C15H11BrN2O4S/c1-10-2-5-13(6-3-10)23(21,22)17-14-7-4-12(18(19)20)8-11(14)9-15(17)16/h2-9H,1H3. The minimum Gasteiger partial charge on any atom is -0.258 e. The highest BCUT2D eigenvalue weighted by atomic mass is 79.9. The van der Waals surface area contributed by atoms with E-state index in [1.54, 1.807) is 18.2 Å². The Morgan fingerprint density at radius 1 is 1.09 bits per heavy atom. The zero-order valence-electron chi connectivity index (χ0n) is 11.9. The van der Waals surface area contributed by atoms with Crippen molar-refractivity contribution in [1.29, 1.82) is 0 Å². The highest BCUT2D eigenvalue weighted by Crippen LogP contribution is 2.31. The summed E-state index contributed by atoms with van der Waals surface area (Å²) in [5.41, 5.74) is 1.24. The zero-order chi connectivity index (χ0) is 16.8. The van der Waals surface area contributed by atoms with Crippen molar-refractivity contribution >= 4 is 42.5 Å². The van der Waals surface area contributed by atoms with Crippen molar-refractivity contribution < 1.29 is 13.3 Å². The van der Waals surface area contributed by atoms with Gasteiger partial charge in [0.15, 0.2) is 0 Å². The Morgan fingerprint density at radius 3 is 2.35 bits per heavy atom. The van der Waals surface area contributed by atoms with Crippen LogP contribution in [0.1, 0.15) is 5.56 Å². The molecule has 0 aliphatic carbocycles. The third-order valence-corrected chi connectivity index (χ3v) is 6.03. The van der Waals surface area contributed by atoms with Gasteiger partial charge < -0.3 is 0 Å². The number of halogens is 1. The molecule has 0 unspecified atom stereocenters. The maximum absolute atomic E-state index is 12.9. The predicted molar refractivity (Wildman–Crippen MR) is 90.1 cm³/mol. The lowest BCUT2D eigenvalue weighted by Gasteiger charge is -2.09. The fourth-order valence-corrected chi connectivity index (χ4v) is 4.73. The number of aryl methyl sites for hydroxylation is 1.